The van der Waals surface area contributed by atoms with Crippen LogP contribution in [0.4, 0.5) is 0 Å². The second-order valence-corrected chi connectivity index (χ2v) is 15.2. The van der Waals surface area contributed by atoms with Gasteiger partial charge in [-0.2, -0.15) is 5.26 Å². The molecule has 8 aromatic carbocycles. The predicted molar refractivity (Wildman–Crippen MR) is 232 cm³/mol. The first-order valence-corrected chi connectivity index (χ1v) is 19.6. The Morgan fingerprint density at radius 1 is 0.517 bits per heavy atom. The van der Waals surface area contributed by atoms with Crippen molar-refractivity contribution in [2.75, 3.05) is 0 Å². The molecule has 9 aromatic rings. The fraction of sp³-hybridized carbons (Fsp3) is 0.0377. The molecular weight excluding hydrogens is 709 g/mol. The van der Waals surface area contributed by atoms with E-state index in [1.807, 2.05) is 66.7 Å². The summed E-state index contributed by atoms with van der Waals surface area (Å²) in [5, 5.41) is 15.5. The highest BCUT2D eigenvalue weighted by Gasteiger charge is 2.53. The van der Waals surface area contributed by atoms with Gasteiger partial charge in [0, 0.05) is 27.5 Å². The minimum atomic E-state index is -0.647. The van der Waals surface area contributed by atoms with Crippen molar-refractivity contribution in [3.8, 4) is 39.4 Å². The first-order chi connectivity index (χ1) is 28.7. The van der Waals surface area contributed by atoms with Crippen LogP contribution in [0.2, 0.25) is 0 Å². The highest BCUT2D eigenvalue weighted by atomic mass is 16.3. The topological polar surface area (TPSA) is 73.7 Å². The summed E-state index contributed by atoms with van der Waals surface area (Å²) in [6, 6.07) is 66.1. The van der Waals surface area contributed by atoms with Crippen LogP contribution in [0, 0.1) is 11.3 Å². The van der Waals surface area contributed by atoms with E-state index in [2.05, 4.69) is 127 Å². The maximum Gasteiger partial charge on any atom is 0.169 e. The van der Waals surface area contributed by atoms with Crippen LogP contribution in [0.15, 0.2) is 196 Å². The number of amidine groups is 2. The normalized spacial score (nSPS) is 17.2. The lowest BCUT2D eigenvalue weighted by molar-refractivity contribution is 0.669. The van der Waals surface area contributed by atoms with Crippen LogP contribution in [-0.2, 0) is 5.41 Å². The molecule has 5 nitrogen and oxygen atoms in total. The van der Waals surface area contributed by atoms with Gasteiger partial charge in [-0.05, 0) is 86.0 Å². The van der Waals surface area contributed by atoms with E-state index in [1.54, 1.807) is 0 Å². The first-order valence-electron chi connectivity index (χ1n) is 19.6. The second-order valence-electron chi connectivity index (χ2n) is 15.2. The van der Waals surface area contributed by atoms with Gasteiger partial charge in [0.15, 0.2) is 6.17 Å². The van der Waals surface area contributed by atoms with Crippen LogP contribution in [0.5, 0.6) is 0 Å². The SMILES string of the molecule is N#Cc1ccc(-c2cc3c(c4c2oc2ccccc24)-c2ccccc2C32c3ccccc3-c3ccc(C4=NC(c5ccccc5)N=C(c5ccccc5)N4)cc32)cc1. The lowest BCUT2D eigenvalue weighted by Crippen LogP contribution is -2.36. The molecule has 3 aliphatic rings. The van der Waals surface area contributed by atoms with Gasteiger partial charge in [-0.15, -0.1) is 0 Å². The van der Waals surface area contributed by atoms with Gasteiger partial charge >= 0.3 is 0 Å². The summed E-state index contributed by atoms with van der Waals surface area (Å²) in [6.07, 6.45) is -0.405. The maximum absolute atomic E-state index is 9.69. The van der Waals surface area contributed by atoms with Gasteiger partial charge in [-0.1, -0.05) is 152 Å². The van der Waals surface area contributed by atoms with Gasteiger partial charge in [0.1, 0.15) is 22.8 Å². The van der Waals surface area contributed by atoms with Crippen LogP contribution in [0.25, 0.3) is 55.3 Å². The Hall–Kier alpha value is -7.81. The minimum absolute atomic E-state index is 0.405. The number of fused-ring (bicyclic) bond motifs is 14. The zero-order valence-corrected chi connectivity index (χ0v) is 31.1. The molecule has 0 radical (unpaired) electrons. The summed E-state index contributed by atoms with van der Waals surface area (Å²) in [4.78, 5) is 10.4. The van der Waals surface area contributed by atoms with E-state index in [0.717, 1.165) is 61.4 Å². The van der Waals surface area contributed by atoms with Gasteiger partial charge in [0.25, 0.3) is 0 Å². The van der Waals surface area contributed by atoms with Gasteiger partial charge in [-0.3, -0.25) is 0 Å². The fourth-order valence-electron chi connectivity index (χ4n) is 9.71. The molecule has 1 aromatic heterocycles. The van der Waals surface area contributed by atoms with Crippen LogP contribution in [0.1, 0.15) is 50.7 Å². The molecular formula is C53H32N4O. The number of nitriles is 1. The Balaban J connectivity index is 1.15. The summed E-state index contributed by atoms with van der Waals surface area (Å²) >= 11 is 0. The Bertz CT molecular complexity index is 3260. The average molecular weight is 741 g/mol. The number of furan rings is 1. The van der Waals surface area contributed by atoms with Crippen LogP contribution in [0.3, 0.4) is 0 Å². The summed E-state index contributed by atoms with van der Waals surface area (Å²) < 4.78 is 6.82. The molecule has 0 saturated heterocycles. The highest BCUT2D eigenvalue weighted by Crippen LogP contribution is 2.65. The summed E-state index contributed by atoms with van der Waals surface area (Å²) in [5.41, 5.74) is 16.4. The number of hydrogen-bond donors (Lipinski definition) is 1. The number of rotatable bonds is 4. The van der Waals surface area contributed by atoms with E-state index < -0.39 is 11.6 Å². The first kappa shape index (κ1) is 32.4. The van der Waals surface area contributed by atoms with Crippen molar-refractivity contribution >= 4 is 33.6 Å². The van der Waals surface area contributed by atoms with Crippen LogP contribution >= 0.6 is 0 Å². The van der Waals surface area contributed by atoms with Gasteiger partial charge < -0.3 is 9.73 Å². The van der Waals surface area contributed by atoms with E-state index in [1.165, 1.54) is 44.5 Å². The molecule has 12 rings (SSSR count). The smallest absolute Gasteiger partial charge is 0.169 e. The molecule has 1 aliphatic heterocycles. The van der Waals surface area contributed by atoms with Crippen molar-refractivity contribution < 1.29 is 4.42 Å². The van der Waals surface area contributed by atoms with Crippen molar-refractivity contribution in [2.24, 2.45) is 9.98 Å². The van der Waals surface area contributed by atoms with E-state index in [4.69, 9.17) is 14.4 Å². The molecule has 0 fully saturated rings. The van der Waals surface area contributed by atoms with Gasteiger partial charge in [0.2, 0.25) is 0 Å². The predicted octanol–water partition coefficient (Wildman–Crippen LogP) is 12.0. The Labute approximate surface area is 334 Å². The largest absolute Gasteiger partial charge is 0.455 e. The lowest BCUT2D eigenvalue weighted by Gasteiger charge is -2.31. The molecule has 1 spiro atoms. The summed E-state index contributed by atoms with van der Waals surface area (Å²) in [7, 11) is 0. The Morgan fingerprint density at radius 3 is 1.91 bits per heavy atom. The summed E-state index contributed by atoms with van der Waals surface area (Å²) in [5.74, 6) is 1.56. The number of para-hydroxylation sites is 1. The van der Waals surface area contributed by atoms with Crippen LogP contribution in [-0.4, -0.2) is 11.7 Å². The van der Waals surface area contributed by atoms with E-state index in [0.29, 0.717) is 5.56 Å². The fourth-order valence-corrected chi connectivity index (χ4v) is 9.71. The van der Waals surface area contributed by atoms with Crippen molar-refractivity contribution in [3.05, 3.63) is 226 Å². The molecule has 2 atom stereocenters. The molecule has 2 aliphatic carbocycles. The lowest BCUT2D eigenvalue weighted by atomic mass is 9.70. The van der Waals surface area contributed by atoms with Crippen molar-refractivity contribution in [2.45, 2.75) is 11.6 Å². The molecule has 58 heavy (non-hydrogen) atoms. The molecule has 0 amide bonds. The highest BCUT2D eigenvalue weighted by molar-refractivity contribution is 6.20. The molecule has 5 heteroatoms. The average Bonchev–Trinajstić information content (AvgIpc) is 3.93. The third-order valence-electron chi connectivity index (χ3n) is 12.2. The monoisotopic (exact) mass is 740 g/mol. The quantitative estimate of drug-likeness (QED) is 0.195. The molecule has 2 heterocycles. The number of hydrogen-bond acceptors (Lipinski definition) is 5. The third-order valence-corrected chi connectivity index (χ3v) is 12.2. The van der Waals surface area contributed by atoms with E-state index in [9.17, 15) is 5.26 Å². The van der Waals surface area contributed by atoms with Gasteiger partial charge in [-0.25, -0.2) is 9.98 Å². The third kappa shape index (κ3) is 4.51. The van der Waals surface area contributed by atoms with Gasteiger partial charge in [0.05, 0.1) is 17.0 Å². The number of aliphatic imine (C=N–C) groups is 2. The van der Waals surface area contributed by atoms with E-state index in [-0.39, 0.29) is 0 Å². The molecule has 270 valence electrons. The van der Waals surface area contributed by atoms with Crippen molar-refractivity contribution in [3.63, 3.8) is 0 Å². The number of nitrogens with one attached hydrogen (secondary N) is 1. The molecule has 2 unspecified atom stereocenters. The molecule has 1 N–H and O–H groups in total. The number of benzene rings is 8. The van der Waals surface area contributed by atoms with E-state index >= 15 is 0 Å². The Morgan fingerprint density at radius 2 is 1.14 bits per heavy atom. The number of nitrogens with zero attached hydrogens (tertiary/aromatic N) is 3. The van der Waals surface area contributed by atoms with Crippen LogP contribution < -0.4 is 5.32 Å². The summed E-state index contributed by atoms with van der Waals surface area (Å²) in [6.45, 7) is 0. The second kappa shape index (κ2) is 12.3. The zero-order valence-electron chi connectivity index (χ0n) is 31.1. The Kier molecular flexibility index (Phi) is 6.90. The standard InChI is InChI=1S/C53H32N4O/c54-31-32-23-25-33(26-24-32)41-30-45-47(48-40-19-9-12-22-46(40)58-49(41)48)39-18-8-11-21-43(39)53(45)42-20-10-7-17-37(42)38-28-27-36(29-44(38)53)52-56-50(34-13-3-1-4-14-34)55-51(57-52)35-15-5-2-6-16-35/h1-30,50H,(H,55,56,57). The minimum Gasteiger partial charge on any atom is -0.455 e. The van der Waals surface area contributed by atoms with Crippen molar-refractivity contribution in [1.29, 1.82) is 5.26 Å². The molecule has 0 saturated carbocycles. The van der Waals surface area contributed by atoms with Crippen molar-refractivity contribution in [1.82, 2.24) is 5.32 Å². The maximum atomic E-state index is 9.69. The zero-order chi connectivity index (χ0) is 38.4. The molecule has 0 bridgehead atoms.